The Morgan fingerprint density at radius 3 is 2.89 bits per heavy atom. The first-order valence-electron chi connectivity index (χ1n) is 6.74. The van der Waals surface area contributed by atoms with Crippen LogP contribution in [0.1, 0.15) is 31.2 Å². The van der Waals surface area contributed by atoms with E-state index in [4.69, 9.17) is 0 Å². The SMILES string of the molecule is OC1(CNCc2ccc3cc[nH]c3c2)CCCC1. The molecule has 3 N–H and O–H groups in total. The highest BCUT2D eigenvalue weighted by Crippen LogP contribution is 2.28. The molecule has 1 aromatic heterocycles. The number of hydrogen-bond acceptors (Lipinski definition) is 2. The summed E-state index contributed by atoms with van der Waals surface area (Å²) in [6.45, 7) is 1.52. The van der Waals surface area contributed by atoms with Crippen LogP contribution in [0.15, 0.2) is 30.5 Å². The van der Waals surface area contributed by atoms with E-state index in [-0.39, 0.29) is 0 Å². The van der Waals surface area contributed by atoms with Crippen LogP contribution in [0.3, 0.4) is 0 Å². The molecule has 1 aliphatic rings. The predicted octanol–water partition coefficient (Wildman–Crippen LogP) is 2.56. The molecule has 0 saturated heterocycles. The number of benzene rings is 1. The van der Waals surface area contributed by atoms with Crippen molar-refractivity contribution in [3.63, 3.8) is 0 Å². The summed E-state index contributed by atoms with van der Waals surface area (Å²) in [5.74, 6) is 0. The van der Waals surface area contributed by atoms with Crippen LogP contribution in [-0.4, -0.2) is 22.2 Å². The molecule has 1 saturated carbocycles. The molecule has 1 heterocycles. The van der Waals surface area contributed by atoms with Gasteiger partial charge >= 0.3 is 0 Å². The van der Waals surface area contributed by atoms with Crippen LogP contribution in [0.4, 0.5) is 0 Å². The molecule has 1 aromatic carbocycles. The van der Waals surface area contributed by atoms with Crippen molar-refractivity contribution < 1.29 is 5.11 Å². The van der Waals surface area contributed by atoms with Crippen molar-refractivity contribution in [2.75, 3.05) is 6.54 Å². The van der Waals surface area contributed by atoms with Gasteiger partial charge in [-0.3, -0.25) is 0 Å². The minimum Gasteiger partial charge on any atom is -0.389 e. The second-order valence-electron chi connectivity index (χ2n) is 5.43. The van der Waals surface area contributed by atoms with Gasteiger partial charge in [-0.05, 0) is 35.9 Å². The number of H-pyrrole nitrogens is 1. The fraction of sp³-hybridized carbons (Fsp3) is 0.467. The highest BCUT2D eigenvalue weighted by Gasteiger charge is 2.30. The summed E-state index contributed by atoms with van der Waals surface area (Å²) in [6, 6.07) is 8.52. The third kappa shape index (κ3) is 2.42. The largest absolute Gasteiger partial charge is 0.389 e. The molecule has 0 spiro atoms. The lowest BCUT2D eigenvalue weighted by Gasteiger charge is -2.22. The Morgan fingerprint density at radius 2 is 2.06 bits per heavy atom. The molecule has 2 aromatic rings. The quantitative estimate of drug-likeness (QED) is 0.774. The zero-order valence-corrected chi connectivity index (χ0v) is 10.6. The van der Waals surface area contributed by atoms with Crippen molar-refractivity contribution in [2.45, 2.75) is 37.8 Å². The number of aromatic amines is 1. The molecule has 0 aliphatic heterocycles. The molecule has 18 heavy (non-hydrogen) atoms. The van der Waals surface area contributed by atoms with E-state index in [9.17, 15) is 5.11 Å². The summed E-state index contributed by atoms with van der Waals surface area (Å²) in [4.78, 5) is 3.22. The molecule has 0 atom stereocenters. The van der Waals surface area contributed by atoms with E-state index >= 15 is 0 Å². The number of rotatable bonds is 4. The normalized spacial score (nSPS) is 18.5. The number of hydrogen-bond donors (Lipinski definition) is 3. The lowest BCUT2D eigenvalue weighted by Crippen LogP contribution is -2.37. The number of fused-ring (bicyclic) bond motifs is 1. The van der Waals surface area contributed by atoms with E-state index in [0.717, 1.165) is 32.2 Å². The van der Waals surface area contributed by atoms with Crippen molar-refractivity contribution in [1.82, 2.24) is 10.3 Å². The van der Waals surface area contributed by atoms with Crippen LogP contribution < -0.4 is 5.32 Å². The Kier molecular flexibility index (Phi) is 3.10. The van der Waals surface area contributed by atoms with Gasteiger partial charge in [0, 0.05) is 24.8 Å². The lowest BCUT2D eigenvalue weighted by atomic mass is 10.0. The van der Waals surface area contributed by atoms with E-state index in [2.05, 4.69) is 34.6 Å². The topological polar surface area (TPSA) is 48.0 Å². The van der Waals surface area contributed by atoms with Crippen molar-refractivity contribution in [3.8, 4) is 0 Å². The van der Waals surface area contributed by atoms with Crippen LogP contribution in [-0.2, 0) is 6.54 Å². The summed E-state index contributed by atoms with van der Waals surface area (Å²) in [5, 5.41) is 14.9. The summed E-state index contributed by atoms with van der Waals surface area (Å²) >= 11 is 0. The number of nitrogens with one attached hydrogen (secondary N) is 2. The van der Waals surface area contributed by atoms with E-state index < -0.39 is 5.60 Å². The molecule has 0 amide bonds. The van der Waals surface area contributed by atoms with Gasteiger partial charge in [0.1, 0.15) is 0 Å². The number of aromatic nitrogens is 1. The van der Waals surface area contributed by atoms with E-state index in [1.54, 1.807) is 0 Å². The monoisotopic (exact) mass is 244 g/mol. The molecule has 0 radical (unpaired) electrons. The second kappa shape index (κ2) is 4.75. The zero-order valence-electron chi connectivity index (χ0n) is 10.6. The molecule has 3 nitrogen and oxygen atoms in total. The molecule has 1 fully saturated rings. The first-order valence-corrected chi connectivity index (χ1v) is 6.74. The summed E-state index contributed by atoms with van der Waals surface area (Å²) < 4.78 is 0. The smallest absolute Gasteiger partial charge is 0.0771 e. The molecular formula is C15H20N2O. The Labute approximate surface area is 107 Å². The third-order valence-corrected chi connectivity index (χ3v) is 3.94. The Bertz CT molecular complexity index is 526. The van der Waals surface area contributed by atoms with Crippen LogP contribution in [0.25, 0.3) is 10.9 Å². The molecule has 96 valence electrons. The fourth-order valence-electron chi connectivity index (χ4n) is 2.85. The molecule has 3 heteroatoms. The zero-order chi connectivity index (χ0) is 12.4. The van der Waals surface area contributed by atoms with Crippen LogP contribution in [0, 0.1) is 0 Å². The van der Waals surface area contributed by atoms with Crippen LogP contribution in [0.2, 0.25) is 0 Å². The van der Waals surface area contributed by atoms with Crippen LogP contribution in [0.5, 0.6) is 0 Å². The Hall–Kier alpha value is -1.32. The first-order chi connectivity index (χ1) is 8.75. The molecule has 1 aliphatic carbocycles. The minimum absolute atomic E-state index is 0.462. The summed E-state index contributed by atoms with van der Waals surface area (Å²) in [7, 11) is 0. The van der Waals surface area contributed by atoms with Crippen molar-refractivity contribution in [1.29, 1.82) is 0 Å². The predicted molar refractivity (Wildman–Crippen MR) is 73.4 cm³/mol. The maximum absolute atomic E-state index is 10.2. The average molecular weight is 244 g/mol. The third-order valence-electron chi connectivity index (χ3n) is 3.94. The van der Waals surface area contributed by atoms with Gasteiger partial charge in [-0.15, -0.1) is 0 Å². The van der Waals surface area contributed by atoms with Crippen molar-refractivity contribution in [3.05, 3.63) is 36.0 Å². The summed E-state index contributed by atoms with van der Waals surface area (Å²) in [6.07, 6.45) is 6.16. The fourth-order valence-corrected chi connectivity index (χ4v) is 2.85. The Balaban J connectivity index is 1.59. The average Bonchev–Trinajstić information content (AvgIpc) is 2.97. The Morgan fingerprint density at radius 1 is 1.22 bits per heavy atom. The van der Waals surface area contributed by atoms with Gasteiger partial charge in [0.15, 0.2) is 0 Å². The minimum atomic E-state index is -0.462. The molecule has 0 bridgehead atoms. The maximum atomic E-state index is 10.2. The van der Waals surface area contributed by atoms with Gasteiger partial charge in [-0.2, -0.15) is 0 Å². The highest BCUT2D eigenvalue weighted by atomic mass is 16.3. The van der Waals surface area contributed by atoms with Gasteiger partial charge < -0.3 is 15.4 Å². The van der Waals surface area contributed by atoms with Crippen LogP contribution >= 0.6 is 0 Å². The van der Waals surface area contributed by atoms with Gasteiger partial charge in [0.2, 0.25) is 0 Å². The van der Waals surface area contributed by atoms with Crippen molar-refractivity contribution in [2.24, 2.45) is 0 Å². The van der Waals surface area contributed by atoms with Gasteiger partial charge in [0.25, 0.3) is 0 Å². The lowest BCUT2D eigenvalue weighted by molar-refractivity contribution is 0.0475. The van der Waals surface area contributed by atoms with E-state index in [1.165, 1.54) is 16.5 Å². The van der Waals surface area contributed by atoms with E-state index in [0.29, 0.717) is 6.54 Å². The van der Waals surface area contributed by atoms with Gasteiger partial charge in [-0.25, -0.2) is 0 Å². The summed E-state index contributed by atoms with van der Waals surface area (Å²) in [5.41, 5.74) is 1.97. The number of aliphatic hydroxyl groups is 1. The first kappa shape index (κ1) is 11.8. The maximum Gasteiger partial charge on any atom is 0.0771 e. The molecule has 0 unspecified atom stereocenters. The van der Waals surface area contributed by atoms with E-state index in [1.807, 2.05) is 6.20 Å². The molecule has 3 rings (SSSR count). The van der Waals surface area contributed by atoms with Gasteiger partial charge in [-0.1, -0.05) is 25.0 Å². The van der Waals surface area contributed by atoms with Gasteiger partial charge in [0.05, 0.1) is 5.60 Å². The standard InChI is InChI=1S/C15H20N2O/c18-15(6-1-2-7-15)11-16-10-12-3-4-13-5-8-17-14(13)9-12/h3-5,8-9,16-18H,1-2,6-7,10-11H2. The highest BCUT2D eigenvalue weighted by molar-refractivity contribution is 5.79. The second-order valence-corrected chi connectivity index (χ2v) is 5.43. The van der Waals surface area contributed by atoms with Crippen molar-refractivity contribution >= 4 is 10.9 Å². The molecular weight excluding hydrogens is 224 g/mol.